The zero-order valence-electron chi connectivity index (χ0n) is 14.4. The van der Waals surface area contributed by atoms with Crippen LogP contribution in [0.3, 0.4) is 0 Å². The van der Waals surface area contributed by atoms with E-state index in [9.17, 15) is 5.11 Å². The van der Waals surface area contributed by atoms with Crippen LogP contribution in [0.4, 0.5) is 0 Å². The molecule has 0 aromatic heterocycles. The molecule has 2 unspecified atom stereocenters. The minimum absolute atomic E-state index is 0.357. The smallest absolute Gasteiger partial charge is 0.115 e. The van der Waals surface area contributed by atoms with Gasteiger partial charge in [0.25, 0.3) is 0 Å². The van der Waals surface area contributed by atoms with Crippen LogP contribution in [0, 0.1) is 0 Å². The summed E-state index contributed by atoms with van der Waals surface area (Å²) in [6, 6.07) is 8.70. The van der Waals surface area contributed by atoms with Gasteiger partial charge >= 0.3 is 0 Å². The Hall–Kier alpha value is -1.14. The first-order valence-electron chi connectivity index (χ1n) is 8.79. The number of nitrogens with zero attached hydrogens (tertiary/aromatic N) is 3. The van der Waals surface area contributed by atoms with Crippen molar-refractivity contribution >= 4 is 0 Å². The van der Waals surface area contributed by atoms with E-state index in [0.29, 0.717) is 17.8 Å². The highest BCUT2D eigenvalue weighted by atomic mass is 16.3. The molecule has 2 fully saturated rings. The second-order valence-electron chi connectivity index (χ2n) is 7.06. The number of phenolic OH excluding ortho intramolecular Hbond substituents is 1. The lowest BCUT2D eigenvalue weighted by molar-refractivity contribution is 0.0834. The van der Waals surface area contributed by atoms with Crippen LogP contribution in [0.1, 0.15) is 18.5 Å². The Balaban J connectivity index is 1.75. The average Bonchev–Trinajstić information content (AvgIpc) is 2.54. The van der Waals surface area contributed by atoms with Crippen LogP contribution < -0.4 is 5.32 Å². The number of hydrogen-bond acceptors (Lipinski definition) is 5. The molecule has 2 aliphatic rings. The maximum atomic E-state index is 9.90. The van der Waals surface area contributed by atoms with Crippen LogP contribution in [0.5, 0.6) is 5.75 Å². The summed E-state index contributed by atoms with van der Waals surface area (Å²) in [5.41, 5.74) is 1.23. The topological polar surface area (TPSA) is 42.0 Å². The van der Waals surface area contributed by atoms with Crippen molar-refractivity contribution in [1.29, 1.82) is 0 Å². The normalized spacial score (nSPS) is 26.3. The summed E-state index contributed by atoms with van der Waals surface area (Å²) >= 11 is 0. The summed E-state index contributed by atoms with van der Waals surface area (Å²) in [6.07, 6.45) is 0. The largest absolute Gasteiger partial charge is 0.508 e. The summed E-state index contributed by atoms with van der Waals surface area (Å²) in [5.74, 6) is 0.370. The van der Waals surface area contributed by atoms with Gasteiger partial charge in [0.05, 0.1) is 0 Å². The Morgan fingerprint density at radius 3 is 2.70 bits per heavy atom. The van der Waals surface area contributed by atoms with E-state index in [2.05, 4.69) is 40.1 Å². The van der Waals surface area contributed by atoms with E-state index in [0.717, 1.165) is 52.4 Å². The predicted octanol–water partition coefficient (Wildman–Crippen LogP) is 0.974. The van der Waals surface area contributed by atoms with Crippen LogP contribution in [0.2, 0.25) is 0 Å². The second-order valence-corrected chi connectivity index (χ2v) is 7.06. The molecule has 0 amide bonds. The van der Waals surface area contributed by atoms with Gasteiger partial charge in [0, 0.05) is 64.4 Å². The molecule has 0 aliphatic carbocycles. The maximum absolute atomic E-state index is 9.90. The Bertz CT molecular complexity index is 502. The third-order valence-electron chi connectivity index (χ3n) is 5.12. The molecular formula is C18H30N4O. The summed E-state index contributed by atoms with van der Waals surface area (Å²) in [7, 11) is 2.20. The number of rotatable bonds is 4. The third kappa shape index (κ3) is 4.44. The molecular weight excluding hydrogens is 288 g/mol. The van der Waals surface area contributed by atoms with E-state index in [1.54, 1.807) is 6.07 Å². The number of nitrogens with one attached hydrogen (secondary N) is 1. The Morgan fingerprint density at radius 2 is 2.00 bits per heavy atom. The lowest BCUT2D eigenvalue weighted by Crippen LogP contribution is -2.53. The van der Waals surface area contributed by atoms with Gasteiger partial charge < -0.3 is 15.3 Å². The molecule has 0 spiro atoms. The van der Waals surface area contributed by atoms with Crippen molar-refractivity contribution in [3.05, 3.63) is 29.8 Å². The molecule has 0 bridgehead atoms. The molecule has 2 aliphatic heterocycles. The van der Waals surface area contributed by atoms with Gasteiger partial charge in [-0.2, -0.15) is 0 Å². The zero-order valence-corrected chi connectivity index (χ0v) is 14.4. The van der Waals surface area contributed by atoms with Crippen molar-refractivity contribution in [2.75, 3.05) is 59.4 Å². The van der Waals surface area contributed by atoms with Crippen molar-refractivity contribution in [1.82, 2.24) is 20.0 Å². The van der Waals surface area contributed by atoms with Crippen LogP contribution >= 0.6 is 0 Å². The van der Waals surface area contributed by atoms with Crippen LogP contribution in [-0.2, 0) is 0 Å². The van der Waals surface area contributed by atoms with Gasteiger partial charge in [0.1, 0.15) is 5.75 Å². The van der Waals surface area contributed by atoms with E-state index in [4.69, 9.17) is 0 Å². The molecule has 2 atom stereocenters. The summed E-state index contributed by atoms with van der Waals surface area (Å²) in [4.78, 5) is 7.54. The van der Waals surface area contributed by atoms with Gasteiger partial charge in [0.2, 0.25) is 0 Å². The Labute approximate surface area is 139 Å². The number of aromatic hydroxyl groups is 1. The summed E-state index contributed by atoms with van der Waals surface area (Å²) in [5, 5.41) is 13.4. The first kappa shape index (κ1) is 16.7. The van der Waals surface area contributed by atoms with E-state index >= 15 is 0 Å². The fourth-order valence-corrected chi connectivity index (χ4v) is 3.68. The molecule has 3 rings (SSSR count). The number of benzene rings is 1. The second kappa shape index (κ2) is 7.62. The summed E-state index contributed by atoms with van der Waals surface area (Å²) < 4.78 is 0. The number of likely N-dealkylation sites (N-methyl/N-ethyl adjacent to an activating group) is 1. The molecule has 2 heterocycles. The highest BCUT2D eigenvalue weighted by Gasteiger charge is 2.27. The molecule has 128 valence electrons. The molecule has 2 N–H and O–H groups in total. The van der Waals surface area contributed by atoms with Gasteiger partial charge in [-0.05, 0) is 31.7 Å². The average molecular weight is 318 g/mol. The number of hydrogen-bond donors (Lipinski definition) is 2. The van der Waals surface area contributed by atoms with Crippen molar-refractivity contribution in [2.45, 2.75) is 19.0 Å². The molecule has 0 saturated carbocycles. The lowest BCUT2D eigenvalue weighted by atomic mass is 10.0. The first-order chi connectivity index (χ1) is 11.1. The highest BCUT2D eigenvalue weighted by molar-refractivity contribution is 5.30. The minimum Gasteiger partial charge on any atom is -0.508 e. The van der Waals surface area contributed by atoms with E-state index in [1.165, 1.54) is 5.56 Å². The molecule has 1 aromatic rings. The molecule has 1 aromatic carbocycles. The molecule has 23 heavy (non-hydrogen) atoms. The SMILES string of the molecule is CC1CN(C(CN2CCN(C)CC2)c2cccc(O)c2)CCN1. The van der Waals surface area contributed by atoms with Crippen molar-refractivity contribution < 1.29 is 5.11 Å². The number of piperazine rings is 2. The predicted molar refractivity (Wildman–Crippen MR) is 93.8 cm³/mol. The van der Waals surface area contributed by atoms with Gasteiger partial charge in [-0.25, -0.2) is 0 Å². The molecule has 5 heteroatoms. The van der Waals surface area contributed by atoms with Crippen molar-refractivity contribution in [3.63, 3.8) is 0 Å². The van der Waals surface area contributed by atoms with Gasteiger partial charge in [-0.1, -0.05) is 12.1 Å². The van der Waals surface area contributed by atoms with Gasteiger partial charge in [-0.15, -0.1) is 0 Å². The Morgan fingerprint density at radius 1 is 1.22 bits per heavy atom. The van der Waals surface area contributed by atoms with Gasteiger partial charge in [0.15, 0.2) is 0 Å². The van der Waals surface area contributed by atoms with Crippen LogP contribution in [0.25, 0.3) is 0 Å². The van der Waals surface area contributed by atoms with Gasteiger partial charge in [-0.3, -0.25) is 9.80 Å². The van der Waals surface area contributed by atoms with E-state index in [-0.39, 0.29) is 0 Å². The van der Waals surface area contributed by atoms with Crippen LogP contribution in [0.15, 0.2) is 24.3 Å². The lowest BCUT2D eigenvalue weighted by Gasteiger charge is -2.42. The maximum Gasteiger partial charge on any atom is 0.115 e. The fraction of sp³-hybridized carbons (Fsp3) is 0.667. The molecule has 5 nitrogen and oxygen atoms in total. The van der Waals surface area contributed by atoms with Crippen LogP contribution in [-0.4, -0.2) is 85.3 Å². The highest BCUT2D eigenvalue weighted by Crippen LogP contribution is 2.26. The van der Waals surface area contributed by atoms with E-state index in [1.807, 2.05) is 12.1 Å². The molecule has 0 radical (unpaired) electrons. The zero-order chi connectivity index (χ0) is 16.2. The third-order valence-corrected chi connectivity index (χ3v) is 5.12. The minimum atomic E-state index is 0.357. The van der Waals surface area contributed by atoms with E-state index < -0.39 is 0 Å². The fourth-order valence-electron chi connectivity index (χ4n) is 3.68. The standard InChI is InChI=1S/C18H30N4O/c1-15-13-22(7-6-19-15)18(16-4-3-5-17(23)12-16)14-21-10-8-20(2)9-11-21/h3-5,12,15,18-19,23H,6-11,13-14H2,1-2H3. The first-order valence-corrected chi connectivity index (χ1v) is 8.79. The van der Waals surface area contributed by atoms with Crippen molar-refractivity contribution in [3.8, 4) is 5.75 Å². The monoisotopic (exact) mass is 318 g/mol. The number of phenols is 1. The Kier molecular flexibility index (Phi) is 5.54. The summed E-state index contributed by atoms with van der Waals surface area (Å²) in [6.45, 7) is 11.0. The van der Waals surface area contributed by atoms with Crippen molar-refractivity contribution in [2.24, 2.45) is 0 Å². The quantitative estimate of drug-likeness (QED) is 0.866. The molecule has 2 saturated heterocycles.